The van der Waals surface area contributed by atoms with Gasteiger partial charge in [-0.2, -0.15) is 9.41 Å². The molecule has 0 bridgehead atoms. The van der Waals surface area contributed by atoms with Crippen LogP contribution in [0.15, 0.2) is 34.3 Å². The minimum Gasteiger partial charge on any atom is -0.348 e. The molecule has 3 rings (SSSR count). The van der Waals surface area contributed by atoms with Crippen molar-refractivity contribution in [3.63, 3.8) is 0 Å². The van der Waals surface area contributed by atoms with Crippen LogP contribution in [-0.4, -0.2) is 67.3 Å². The second kappa shape index (κ2) is 8.92. The molecule has 30 heavy (non-hydrogen) atoms. The van der Waals surface area contributed by atoms with E-state index in [1.165, 1.54) is 35.4 Å². The minimum absolute atomic E-state index is 0.129. The molecule has 0 atom stereocenters. The number of piperidine rings is 1. The average Bonchev–Trinajstić information content (AvgIpc) is 2.70. The molecule has 11 heteroatoms. The molecule has 2 N–H and O–H groups in total. The predicted molar refractivity (Wildman–Crippen MR) is 110 cm³/mol. The summed E-state index contributed by atoms with van der Waals surface area (Å²) in [6.07, 6.45) is 1.52. The number of sulfonamides is 1. The molecular weight excluding hydrogens is 410 g/mol. The fourth-order valence-electron chi connectivity index (χ4n) is 3.40. The third-order valence-corrected chi connectivity index (χ3v) is 6.98. The van der Waals surface area contributed by atoms with Gasteiger partial charge >= 0.3 is 0 Å². The van der Waals surface area contributed by atoms with Crippen molar-refractivity contribution < 1.29 is 22.8 Å². The highest BCUT2D eigenvalue weighted by molar-refractivity contribution is 7.89. The number of anilines is 1. The number of carbonyl (C=O) groups excluding carboxylic acids is 3. The lowest BCUT2D eigenvalue weighted by atomic mass is 10.1. The number of nitrogens with zero attached hydrogens (tertiary/aromatic N) is 3. The van der Waals surface area contributed by atoms with Crippen molar-refractivity contribution in [2.75, 3.05) is 25.5 Å². The van der Waals surface area contributed by atoms with Crippen LogP contribution in [0.2, 0.25) is 0 Å². The average molecular weight is 436 g/mol. The van der Waals surface area contributed by atoms with E-state index in [9.17, 15) is 22.8 Å². The Morgan fingerprint density at radius 2 is 1.73 bits per heavy atom. The Kier molecular flexibility index (Phi) is 6.52. The van der Waals surface area contributed by atoms with Gasteiger partial charge in [0.25, 0.3) is 5.91 Å². The SMILES string of the molecule is CC(=O)Nc1ccc(S(=O)(=O)N2CCC(NC(=O)C3=NN(C)C(=O)CC3)CC2)cc1. The van der Waals surface area contributed by atoms with Crippen LogP contribution in [0.4, 0.5) is 5.69 Å². The molecule has 0 spiro atoms. The highest BCUT2D eigenvalue weighted by atomic mass is 32.2. The first-order valence-electron chi connectivity index (χ1n) is 9.69. The monoisotopic (exact) mass is 435 g/mol. The number of carbonyl (C=O) groups is 3. The molecule has 0 unspecified atom stereocenters. The predicted octanol–water partition coefficient (Wildman–Crippen LogP) is 0.523. The minimum atomic E-state index is -3.65. The highest BCUT2D eigenvalue weighted by Gasteiger charge is 2.31. The van der Waals surface area contributed by atoms with Gasteiger partial charge < -0.3 is 10.6 Å². The zero-order chi connectivity index (χ0) is 21.9. The summed E-state index contributed by atoms with van der Waals surface area (Å²) in [5.41, 5.74) is 0.840. The smallest absolute Gasteiger partial charge is 0.267 e. The van der Waals surface area contributed by atoms with Crippen molar-refractivity contribution in [2.45, 2.75) is 43.5 Å². The molecule has 1 saturated heterocycles. The Morgan fingerprint density at radius 3 is 2.30 bits per heavy atom. The zero-order valence-corrected chi connectivity index (χ0v) is 17.7. The molecule has 1 aromatic rings. The Labute approximate surface area is 175 Å². The van der Waals surface area contributed by atoms with E-state index in [2.05, 4.69) is 15.7 Å². The van der Waals surface area contributed by atoms with E-state index in [1.807, 2.05) is 0 Å². The van der Waals surface area contributed by atoms with E-state index >= 15 is 0 Å². The molecule has 0 aromatic heterocycles. The Bertz CT molecular complexity index is 966. The second-order valence-corrected chi connectivity index (χ2v) is 9.26. The summed E-state index contributed by atoms with van der Waals surface area (Å²) in [7, 11) is -2.14. The number of nitrogens with one attached hydrogen (secondary N) is 2. The molecule has 0 aliphatic carbocycles. The summed E-state index contributed by atoms with van der Waals surface area (Å²) in [4.78, 5) is 35.1. The van der Waals surface area contributed by atoms with Gasteiger partial charge in [-0.05, 0) is 37.1 Å². The molecule has 162 valence electrons. The highest BCUT2D eigenvalue weighted by Crippen LogP contribution is 2.22. The lowest BCUT2D eigenvalue weighted by Gasteiger charge is -2.32. The van der Waals surface area contributed by atoms with E-state index < -0.39 is 10.0 Å². The standard InChI is InChI=1S/C19H25N5O5S/c1-13(25)20-14-3-5-16(6-4-14)30(28,29)24-11-9-15(10-12-24)21-19(27)17-7-8-18(26)23(2)22-17/h3-6,15H,7-12H2,1-2H3,(H,20,25)(H,21,27). The van der Waals surface area contributed by atoms with Crippen molar-refractivity contribution >= 4 is 39.1 Å². The summed E-state index contributed by atoms with van der Waals surface area (Å²) in [6, 6.07) is 5.87. The van der Waals surface area contributed by atoms with Gasteiger partial charge in [0.2, 0.25) is 21.8 Å². The molecule has 0 saturated carbocycles. The van der Waals surface area contributed by atoms with E-state index in [0.717, 1.165) is 0 Å². The molecule has 2 heterocycles. The van der Waals surface area contributed by atoms with Crippen molar-refractivity contribution in [3.8, 4) is 0 Å². The second-order valence-electron chi connectivity index (χ2n) is 7.32. The number of amides is 3. The van der Waals surface area contributed by atoms with E-state index in [0.29, 0.717) is 30.7 Å². The van der Waals surface area contributed by atoms with Crippen LogP contribution in [0.1, 0.15) is 32.6 Å². The Balaban J connectivity index is 1.57. The van der Waals surface area contributed by atoms with Crippen LogP contribution < -0.4 is 10.6 Å². The largest absolute Gasteiger partial charge is 0.348 e. The molecule has 2 aliphatic rings. The fraction of sp³-hybridized carbons (Fsp3) is 0.474. The van der Waals surface area contributed by atoms with E-state index in [-0.39, 0.29) is 48.2 Å². The van der Waals surface area contributed by atoms with Crippen molar-refractivity contribution in [1.29, 1.82) is 0 Å². The van der Waals surface area contributed by atoms with Gasteiger partial charge in [0, 0.05) is 51.6 Å². The normalized spacial score (nSPS) is 18.7. The molecule has 10 nitrogen and oxygen atoms in total. The fourth-order valence-corrected chi connectivity index (χ4v) is 4.87. The van der Waals surface area contributed by atoms with Crippen molar-refractivity contribution in [1.82, 2.24) is 14.6 Å². The van der Waals surface area contributed by atoms with Crippen LogP contribution in [-0.2, 0) is 24.4 Å². The Hall–Kier alpha value is -2.79. The number of hydrogen-bond donors (Lipinski definition) is 2. The van der Waals surface area contributed by atoms with Crippen molar-refractivity contribution in [2.24, 2.45) is 5.10 Å². The van der Waals surface area contributed by atoms with Gasteiger partial charge in [-0.15, -0.1) is 0 Å². The zero-order valence-electron chi connectivity index (χ0n) is 16.9. The lowest BCUT2D eigenvalue weighted by Crippen LogP contribution is -2.48. The maximum atomic E-state index is 12.9. The maximum absolute atomic E-state index is 12.9. The summed E-state index contributed by atoms with van der Waals surface area (Å²) >= 11 is 0. The number of rotatable bonds is 5. The summed E-state index contributed by atoms with van der Waals surface area (Å²) in [5.74, 6) is -0.674. The third kappa shape index (κ3) is 5.03. The molecular formula is C19H25N5O5S. The first-order valence-corrected chi connectivity index (χ1v) is 11.1. The third-order valence-electron chi connectivity index (χ3n) is 5.07. The topological polar surface area (TPSA) is 128 Å². The summed E-state index contributed by atoms with van der Waals surface area (Å²) in [6.45, 7) is 1.95. The first-order chi connectivity index (χ1) is 14.2. The summed E-state index contributed by atoms with van der Waals surface area (Å²) < 4.78 is 27.1. The van der Waals surface area contributed by atoms with Crippen LogP contribution in [0, 0.1) is 0 Å². The quantitative estimate of drug-likeness (QED) is 0.697. The van der Waals surface area contributed by atoms with Crippen LogP contribution in [0.5, 0.6) is 0 Å². The molecule has 2 aliphatic heterocycles. The van der Waals surface area contributed by atoms with Gasteiger partial charge in [-0.3, -0.25) is 14.4 Å². The summed E-state index contributed by atoms with van der Waals surface area (Å²) in [5, 5.41) is 10.7. The van der Waals surface area contributed by atoms with Gasteiger partial charge in [0.05, 0.1) is 4.90 Å². The lowest BCUT2D eigenvalue weighted by molar-refractivity contribution is -0.130. The molecule has 3 amide bonds. The first kappa shape index (κ1) is 21.9. The van der Waals surface area contributed by atoms with Crippen LogP contribution in [0.3, 0.4) is 0 Å². The van der Waals surface area contributed by atoms with E-state index in [4.69, 9.17) is 0 Å². The molecule has 1 fully saturated rings. The Morgan fingerprint density at radius 1 is 1.10 bits per heavy atom. The maximum Gasteiger partial charge on any atom is 0.267 e. The van der Waals surface area contributed by atoms with Gasteiger partial charge in [0.1, 0.15) is 5.71 Å². The molecule has 1 aromatic carbocycles. The van der Waals surface area contributed by atoms with Crippen LogP contribution >= 0.6 is 0 Å². The van der Waals surface area contributed by atoms with Crippen molar-refractivity contribution in [3.05, 3.63) is 24.3 Å². The van der Waals surface area contributed by atoms with Gasteiger partial charge in [-0.25, -0.2) is 13.4 Å². The molecule has 0 radical (unpaired) electrons. The number of hydrogen-bond acceptors (Lipinski definition) is 6. The number of benzene rings is 1. The van der Waals surface area contributed by atoms with Gasteiger partial charge in [0.15, 0.2) is 0 Å². The van der Waals surface area contributed by atoms with Gasteiger partial charge in [-0.1, -0.05) is 0 Å². The number of hydrazone groups is 1. The van der Waals surface area contributed by atoms with Crippen LogP contribution in [0.25, 0.3) is 0 Å². The van der Waals surface area contributed by atoms with E-state index in [1.54, 1.807) is 12.1 Å².